The molecule has 0 aliphatic carbocycles. The van der Waals surface area contributed by atoms with E-state index in [1.807, 2.05) is 31.3 Å². The van der Waals surface area contributed by atoms with Gasteiger partial charge in [0.05, 0.1) is 18.5 Å². The van der Waals surface area contributed by atoms with Crippen molar-refractivity contribution < 1.29 is 4.74 Å². The van der Waals surface area contributed by atoms with E-state index in [1.54, 1.807) is 7.11 Å². The molecule has 0 aliphatic heterocycles. The van der Waals surface area contributed by atoms with Crippen LogP contribution in [0.2, 0.25) is 0 Å². The molecule has 0 atom stereocenters. The molecule has 0 amide bonds. The number of nitrogens with zero attached hydrogens (tertiary/aromatic N) is 2. The van der Waals surface area contributed by atoms with Gasteiger partial charge in [-0.2, -0.15) is 0 Å². The van der Waals surface area contributed by atoms with Gasteiger partial charge in [0, 0.05) is 37.1 Å². The molecule has 2 aromatic rings. The van der Waals surface area contributed by atoms with Gasteiger partial charge >= 0.3 is 0 Å². The number of hydrogen-bond acceptors (Lipinski definition) is 4. The van der Waals surface area contributed by atoms with Crippen LogP contribution in [0.3, 0.4) is 0 Å². The summed E-state index contributed by atoms with van der Waals surface area (Å²) in [5.74, 6) is 0.849. The summed E-state index contributed by atoms with van der Waals surface area (Å²) in [6.45, 7) is 5.58. The highest BCUT2D eigenvalue weighted by atomic mass is 16.5. The number of nitrogens with one attached hydrogen (secondary N) is 1. The molecule has 0 saturated carbocycles. The van der Waals surface area contributed by atoms with Crippen LogP contribution in [0.15, 0.2) is 30.5 Å². The van der Waals surface area contributed by atoms with E-state index in [2.05, 4.69) is 28.3 Å². The molecule has 0 aliphatic rings. The minimum absolute atomic E-state index is 0.706. The lowest BCUT2D eigenvalue weighted by atomic mass is 10.1. The summed E-state index contributed by atoms with van der Waals surface area (Å²) in [6.07, 6.45) is 2.84. The molecule has 4 nitrogen and oxygen atoms in total. The van der Waals surface area contributed by atoms with E-state index in [4.69, 9.17) is 4.74 Å². The third kappa shape index (κ3) is 3.78. The average Bonchev–Trinajstić information content (AvgIpc) is 2.47. The highest BCUT2D eigenvalue weighted by Gasteiger charge is 2.03. The molecular weight excluding hydrogens is 250 g/mol. The van der Waals surface area contributed by atoms with Crippen molar-refractivity contribution in [3.8, 4) is 5.75 Å². The van der Waals surface area contributed by atoms with Crippen LogP contribution >= 0.6 is 0 Å². The van der Waals surface area contributed by atoms with Crippen LogP contribution in [-0.2, 0) is 19.5 Å². The van der Waals surface area contributed by atoms with Crippen LogP contribution in [0.4, 0.5) is 0 Å². The first-order valence-corrected chi connectivity index (χ1v) is 6.88. The number of rotatable bonds is 6. The molecule has 2 heterocycles. The monoisotopic (exact) mass is 271 g/mol. The standard InChI is InChI=1S/C16H21N3O/c1-4-13-6-5-7-18-16(13)11-17-10-14-9-15(20-3)8-12(2)19-14/h5-9,17H,4,10-11H2,1-3H3. The quantitative estimate of drug-likeness (QED) is 0.877. The van der Waals surface area contributed by atoms with Gasteiger partial charge in [0.1, 0.15) is 5.75 Å². The Morgan fingerprint density at radius 2 is 2.10 bits per heavy atom. The third-order valence-electron chi connectivity index (χ3n) is 3.18. The number of pyridine rings is 2. The Morgan fingerprint density at radius 1 is 1.25 bits per heavy atom. The van der Waals surface area contributed by atoms with Gasteiger partial charge in [-0.3, -0.25) is 9.97 Å². The summed E-state index contributed by atoms with van der Waals surface area (Å²) in [5.41, 5.74) is 4.34. The van der Waals surface area contributed by atoms with Gasteiger partial charge in [-0.05, 0) is 25.0 Å². The minimum Gasteiger partial charge on any atom is -0.497 e. The predicted molar refractivity (Wildman–Crippen MR) is 79.7 cm³/mol. The number of aromatic nitrogens is 2. The highest BCUT2D eigenvalue weighted by Crippen LogP contribution is 2.13. The first-order valence-electron chi connectivity index (χ1n) is 6.88. The number of hydrogen-bond donors (Lipinski definition) is 1. The lowest BCUT2D eigenvalue weighted by Gasteiger charge is -2.09. The maximum atomic E-state index is 5.26. The second-order valence-electron chi connectivity index (χ2n) is 4.71. The zero-order valence-corrected chi connectivity index (χ0v) is 12.3. The summed E-state index contributed by atoms with van der Waals surface area (Å²) in [6, 6.07) is 7.99. The van der Waals surface area contributed by atoms with E-state index in [0.29, 0.717) is 6.54 Å². The van der Waals surface area contributed by atoms with E-state index in [9.17, 15) is 0 Å². The molecule has 0 bridgehead atoms. The fraction of sp³-hybridized carbons (Fsp3) is 0.375. The van der Waals surface area contributed by atoms with Gasteiger partial charge in [-0.1, -0.05) is 13.0 Å². The van der Waals surface area contributed by atoms with Gasteiger partial charge < -0.3 is 10.1 Å². The largest absolute Gasteiger partial charge is 0.497 e. The van der Waals surface area contributed by atoms with Crippen LogP contribution in [0.1, 0.15) is 29.6 Å². The Balaban J connectivity index is 1.97. The average molecular weight is 271 g/mol. The van der Waals surface area contributed by atoms with E-state index in [-0.39, 0.29) is 0 Å². The molecule has 20 heavy (non-hydrogen) atoms. The maximum absolute atomic E-state index is 5.26. The first-order chi connectivity index (χ1) is 9.72. The second kappa shape index (κ2) is 7.01. The van der Waals surface area contributed by atoms with Crippen LogP contribution in [-0.4, -0.2) is 17.1 Å². The van der Waals surface area contributed by atoms with Crippen molar-refractivity contribution in [3.05, 3.63) is 53.1 Å². The van der Waals surface area contributed by atoms with E-state index < -0.39 is 0 Å². The first kappa shape index (κ1) is 14.5. The highest BCUT2D eigenvalue weighted by molar-refractivity contribution is 5.26. The molecule has 2 rings (SSSR count). The summed E-state index contributed by atoms with van der Waals surface area (Å²) >= 11 is 0. The van der Waals surface area contributed by atoms with Crippen molar-refractivity contribution in [2.45, 2.75) is 33.4 Å². The molecule has 1 N–H and O–H groups in total. The van der Waals surface area contributed by atoms with Gasteiger partial charge in [-0.15, -0.1) is 0 Å². The Morgan fingerprint density at radius 3 is 2.85 bits per heavy atom. The zero-order chi connectivity index (χ0) is 14.4. The molecule has 0 aromatic carbocycles. The summed E-state index contributed by atoms with van der Waals surface area (Å²) in [7, 11) is 1.67. The van der Waals surface area contributed by atoms with Crippen LogP contribution in [0.5, 0.6) is 5.75 Å². The summed E-state index contributed by atoms with van der Waals surface area (Å²) in [5, 5.41) is 3.39. The normalized spacial score (nSPS) is 10.6. The molecular formula is C16H21N3O. The number of ether oxygens (including phenoxy) is 1. The Bertz CT molecular complexity index is 569. The molecule has 0 radical (unpaired) electrons. The van der Waals surface area contributed by atoms with Gasteiger partial charge in [0.2, 0.25) is 0 Å². The molecule has 0 fully saturated rings. The summed E-state index contributed by atoms with van der Waals surface area (Å²) < 4.78 is 5.26. The van der Waals surface area contributed by atoms with Gasteiger partial charge in [-0.25, -0.2) is 0 Å². The van der Waals surface area contributed by atoms with E-state index in [1.165, 1.54) is 5.56 Å². The lowest BCUT2D eigenvalue weighted by molar-refractivity contribution is 0.412. The van der Waals surface area contributed by atoms with Crippen molar-refractivity contribution in [2.24, 2.45) is 0 Å². The maximum Gasteiger partial charge on any atom is 0.122 e. The van der Waals surface area contributed by atoms with E-state index in [0.717, 1.165) is 35.8 Å². The van der Waals surface area contributed by atoms with Crippen molar-refractivity contribution in [3.63, 3.8) is 0 Å². The van der Waals surface area contributed by atoms with Crippen LogP contribution in [0, 0.1) is 6.92 Å². The van der Waals surface area contributed by atoms with Crippen LogP contribution < -0.4 is 10.1 Å². The van der Waals surface area contributed by atoms with E-state index >= 15 is 0 Å². The van der Waals surface area contributed by atoms with Crippen molar-refractivity contribution in [2.75, 3.05) is 7.11 Å². The fourth-order valence-corrected chi connectivity index (χ4v) is 2.17. The minimum atomic E-state index is 0.706. The number of methoxy groups -OCH3 is 1. The number of aryl methyl sites for hydroxylation is 2. The van der Waals surface area contributed by atoms with Crippen molar-refractivity contribution in [1.82, 2.24) is 15.3 Å². The molecule has 4 heteroatoms. The lowest BCUT2D eigenvalue weighted by Crippen LogP contribution is -2.16. The summed E-state index contributed by atoms with van der Waals surface area (Å²) in [4.78, 5) is 8.92. The Labute approximate surface area is 120 Å². The van der Waals surface area contributed by atoms with Crippen LogP contribution in [0.25, 0.3) is 0 Å². The molecule has 0 saturated heterocycles. The van der Waals surface area contributed by atoms with Crippen molar-refractivity contribution in [1.29, 1.82) is 0 Å². The molecule has 0 unspecified atom stereocenters. The molecule has 106 valence electrons. The Kier molecular flexibility index (Phi) is 5.07. The second-order valence-corrected chi connectivity index (χ2v) is 4.71. The smallest absolute Gasteiger partial charge is 0.122 e. The molecule has 0 spiro atoms. The molecule has 2 aromatic heterocycles. The fourth-order valence-electron chi connectivity index (χ4n) is 2.17. The SMILES string of the molecule is CCc1cccnc1CNCc1cc(OC)cc(C)n1. The van der Waals surface area contributed by atoms with Gasteiger partial charge in [0.15, 0.2) is 0 Å². The third-order valence-corrected chi connectivity index (χ3v) is 3.18. The predicted octanol–water partition coefficient (Wildman–Crippen LogP) is 2.65. The Hall–Kier alpha value is -1.94. The van der Waals surface area contributed by atoms with Gasteiger partial charge in [0.25, 0.3) is 0 Å². The zero-order valence-electron chi connectivity index (χ0n) is 12.3. The topological polar surface area (TPSA) is 47.0 Å². The van der Waals surface area contributed by atoms with Crippen molar-refractivity contribution >= 4 is 0 Å².